The van der Waals surface area contributed by atoms with Crippen LogP contribution in [0.25, 0.3) is 0 Å². The van der Waals surface area contributed by atoms with E-state index in [4.69, 9.17) is 15.2 Å². The molecule has 0 aromatic heterocycles. The van der Waals surface area contributed by atoms with Gasteiger partial charge in [0.1, 0.15) is 12.1 Å². The number of nitrogens with one attached hydrogen (secondary N) is 5. The second-order valence-corrected chi connectivity index (χ2v) is 19.4. The van der Waals surface area contributed by atoms with Crippen molar-refractivity contribution in [3.8, 4) is 0 Å². The number of urea groups is 1. The van der Waals surface area contributed by atoms with Gasteiger partial charge in [0.2, 0.25) is 29.5 Å². The first-order valence-electron chi connectivity index (χ1n) is 24.2. The Kier molecular flexibility index (Phi) is 21.3. The number of nitrogens with zero attached hydrogens (tertiary/aromatic N) is 3. The summed E-state index contributed by atoms with van der Waals surface area (Å²) in [7, 11) is 6.76. The number of carboxylic acid groups (broad SMARTS) is 1. The van der Waals surface area contributed by atoms with E-state index in [0.717, 1.165) is 19.3 Å². The molecule has 9 N–H and O–H groups in total. The number of methoxy groups -OCH3 is 2. The van der Waals surface area contributed by atoms with Crippen LogP contribution in [0.2, 0.25) is 0 Å². The molecule has 2 saturated heterocycles. The van der Waals surface area contributed by atoms with Gasteiger partial charge in [-0.25, -0.2) is 9.59 Å². The number of primary amides is 1. The van der Waals surface area contributed by atoms with Crippen LogP contribution in [-0.2, 0) is 39.9 Å². The van der Waals surface area contributed by atoms with Crippen LogP contribution in [0.15, 0.2) is 24.3 Å². The fourth-order valence-electron chi connectivity index (χ4n) is 10.6. The minimum absolute atomic E-state index is 0.0252. The number of piperidine rings is 1. The lowest BCUT2D eigenvalue weighted by molar-refractivity contribution is -0.148. The van der Waals surface area contributed by atoms with Gasteiger partial charge in [-0.1, -0.05) is 53.2 Å². The molecule has 4 rings (SSSR count). The Labute approximate surface area is 401 Å². The second-order valence-electron chi connectivity index (χ2n) is 19.4. The number of nitrogens with two attached hydrogens (primary N) is 1. The number of rotatable bonds is 26. The second kappa shape index (κ2) is 26.1. The summed E-state index contributed by atoms with van der Waals surface area (Å²) in [5.74, 6) is -2.25. The van der Waals surface area contributed by atoms with Gasteiger partial charge in [-0.05, 0) is 93.9 Å². The largest absolute Gasteiger partial charge is 0.465 e. The van der Waals surface area contributed by atoms with Crippen molar-refractivity contribution in [2.75, 3.05) is 53.3 Å². The molecule has 1 saturated carbocycles. The molecule has 20 nitrogen and oxygen atoms in total. The normalized spacial score (nSPS) is 22.5. The lowest BCUT2D eigenvalue weighted by atomic mass is 9.89. The van der Waals surface area contributed by atoms with Crippen molar-refractivity contribution in [2.24, 2.45) is 29.4 Å². The zero-order chi connectivity index (χ0) is 50.4. The highest BCUT2D eigenvalue weighted by Crippen LogP contribution is 2.41. The number of likely N-dealkylation sites (tertiary alicyclic amines) is 2. The number of benzene rings is 1. The number of carbonyl (C=O) groups excluding carboxylic acids is 6. The molecular weight excluding hydrogens is 879 g/mol. The maximum atomic E-state index is 14.4. The van der Waals surface area contributed by atoms with Crippen molar-refractivity contribution in [3.05, 3.63) is 29.8 Å². The van der Waals surface area contributed by atoms with E-state index in [1.807, 2.05) is 34.7 Å². The number of amides is 8. The van der Waals surface area contributed by atoms with Crippen molar-refractivity contribution in [1.82, 2.24) is 36.0 Å². The quantitative estimate of drug-likeness (QED) is 0.0622. The van der Waals surface area contributed by atoms with Crippen molar-refractivity contribution in [1.29, 1.82) is 0 Å². The Morgan fingerprint density at radius 1 is 0.971 bits per heavy atom. The third-order valence-corrected chi connectivity index (χ3v) is 14.5. The molecule has 12 atom stereocenters. The van der Waals surface area contributed by atoms with Gasteiger partial charge in [-0.3, -0.25) is 28.9 Å². The minimum Gasteiger partial charge on any atom is -0.465 e. The molecule has 0 unspecified atom stereocenters. The number of hydrogen-bond donors (Lipinski definition) is 8. The molecule has 1 aliphatic carbocycles. The highest BCUT2D eigenvalue weighted by atomic mass is 16.5. The van der Waals surface area contributed by atoms with Crippen LogP contribution in [0.4, 0.5) is 15.3 Å². The van der Waals surface area contributed by atoms with E-state index >= 15 is 0 Å². The number of anilines is 1. The average Bonchev–Trinajstić information content (AvgIpc) is 4.06. The Hall–Kier alpha value is -5.05. The number of ether oxygens (including phenoxy) is 2. The van der Waals surface area contributed by atoms with Crippen LogP contribution in [0.1, 0.15) is 98.0 Å². The molecule has 1 aromatic rings. The van der Waals surface area contributed by atoms with Gasteiger partial charge < -0.3 is 61.8 Å². The van der Waals surface area contributed by atoms with Gasteiger partial charge in [0.15, 0.2) is 0 Å². The molecule has 3 aliphatic rings. The predicted octanol–water partition coefficient (Wildman–Crippen LogP) is 2.27. The molecule has 3 fully saturated rings. The standard InChI is InChI=1S/C48H79N9O11/c1-10-28(4)40(56(7)46(63)39(27(2)3)54-45(62)41-31-18-19-34(24-31)55(41)6)37(67-8)25-38(59)57-21-13-17-36(57)42(68-9)29(5)43(60)52-33(26-58)23-30-14-11-15-32(22-30)51-44(61)35(53-48(65)66)16-12-20-50-47(49)64/h11,14-15,22,27-29,31,33-37,39-42,53,58H,10,12-13,16-21,23-26H2,1-9H3,(H,51,61)(H,52,60)(H,54,62)(H,65,66)(H3,49,50,64)/t28-,29+,31-,33-,34+,35-,36-,37+,39-,40-,41-,42+/m0/s1. The van der Waals surface area contributed by atoms with E-state index in [2.05, 4.69) is 31.5 Å². The number of fused-ring (bicyclic) bond motifs is 2. The Morgan fingerprint density at radius 2 is 1.69 bits per heavy atom. The summed E-state index contributed by atoms with van der Waals surface area (Å²) in [5.41, 5.74) is 6.12. The summed E-state index contributed by atoms with van der Waals surface area (Å²) in [5, 5.41) is 33.0. The summed E-state index contributed by atoms with van der Waals surface area (Å²) in [6.07, 6.45) is 2.87. The van der Waals surface area contributed by atoms with Crippen molar-refractivity contribution in [3.63, 3.8) is 0 Å². The summed E-state index contributed by atoms with van der Waals surface area (Å²) in [4.78, 5) is 97.4. The summed E-state index contributed by atoms with van der Waals surface area (Å²) in [6, 6.07) is 2.61. The Balaban J connectivity index is 1.40. The van der Waals surface area contributed by atoms with Crippen molar-refractivity contribution in [2.45, 2.75) is 153 Å². The Morgan fingerprint density at radius 3 is 2.28 bits per heavy atom. The number of carbonyl (C=O) groups is 7. The predicted molar refractivity (Wildman–Crippen MR) is 255 cm³/mol. The minimum atomic E-state index is -1.39. The Bertz CT molecular complexity index is 1890. The van der Waals surface area contributed by atoms with Gasteiger partial charge in [0.05, 0.1) is 55.3 Å². The molecule has 68 heavy (non-hydrogen) atoms. The van der Waals surface area contributed by atoms with Crippen LogP contribution in [-0.4, -0.2) is 169 Å². The van der Waals surface area contributed by atoms with E-state index in [1.165, 1.54) is 7.11 Å². The first-order valence-corrected chi connectivity index (χ1v) is 24.2. The summed E-state index contributed by atoms with van der Waals surface area (Å²) < 4.78 is 12.0. The van der Waals surface area contributed by atoms with Gasteiger partial charge in [-0.2, -0.15) is 0 Å². The number of hydrogen-bond acceptors (Lipinski definition) is 11. The zero-order valence-corrected chi connectivity index (χ0v) is 41.5. The first kappa shape index (κ1) is 55.5. The topological polar surface area (TPSA) is 274 Å². The summed E-state index contributed by atoms with van der Waals surface area (Å²) in [6.45, 7) is 9.82. The molecule has 0 radical (unpaired) electrons. The van der Waals surface area contributed by atoms with E-state index in [9.17, 15) is 43.8 Å². The van der Waals surface area contributed by atoms with E-state index in [1.54, 1.807) is 55.1 Å². The maximum absolute atomic E-state index is 14.4. The number of aliphatic hydroxyl groups is 1. The highest BCUT2D eigenvalue weighted by Gasteiger charge is 2.49. The fourth-order valence-corrected chi connectivity index (χ4v) is 10.6. The molecule has 1 aromatic carbocycles. The zero-order valence-electron chi connectivity index (χ0n) is 41.5. The smallest absolute Gasteiger partial charge is 0.405 e. The molecule has 2 bridgehead atoms. The number of aliphatic hydroxyl groups excluding tert-OH is 1. The highest BCUT2D eigenvalue weighted by molar-refractivity contribution is 5.96. The number of likely N-dealkylation sites (N-methyl/N-ethyl adjacent to an activating group) is 2. The van der Waals surface area contributed by atoms with E-state index in [-0.39, 0.29) is 73.7 Å². The molecule has 382 valence electrons. The molecule has 2 heterocycles. The van der Waals surface area contributed by atoms with Crippen LogP contribution < -0.4 is 32.3 Å². The van der Waals surface area contributed by atoms with Crippen LogP contribution in [0.3, 0.4) is 0 Å². The van der Waals surface area contributed by atoms with Gasteiger partial charge >= 0.3 is 12.1 Å². The van der Waals surface area contributed by atoms with Crippen molar-refractivity contribution < 1.29 is 53.2 Å². The monoisotopic (exact) mass is 958 g/mol. The van der Waals surface area contributed by atoms with Gasteiger partial charge in [0.25, 0.3) is 0 Å². The molecule has 8 amide bonds. The maximum Gasteiger partial charge on any atom is 0.405 e. The molecule has 2 aliphatic heterocycles. The van der Waals surface area contributed by atoms with E-state index in [0.29, 0.717) is 43.1 Å². The van der Waals surface area contributed by atoms with Crippen LogP contribution in [0, 0.1) is 23.7 Å². The summed E-state index contributed by atoms with van der Waals surface area (Å²) >= 11 is 0. The fraction of sp³-hybridized carbons (Fsp3) is 0.729. The third kappa shape index (κ3) is 14.5. The van der Waals surface area contributed by atoms with Crippen LogP contribution >= 0.6 is 0 Å². The average molecular weight is 958 g/mol. The molecular formula is C48H79N9O11. The molecule has 20 heteroatoms. The van der Waals surface area contributed by atoms with Gasteiger partial charge in [0, 0.05) is 46.1 Å². The molecule has 0 spiro atoms. The van der Waals surface area contributed by atoms with E-state index < -0.39 is 78.9 Å². The van der Waals surface area contributed by atoms with Crippen LogP contribution in [0.5, 0.6) is 0 Å². The lowest BCUT2D eigenvalue weighted by Crippen LogP contribution is -2.60. The van der Waals surface area contributed by atoms with Gasteiger partial charge in [-0.15, -0.1) is 0 Å². The third-order valence-electron chi connectivity index (χ3n) is 14.5. The lowest BCUT2D eigenvalue weighted by Gasteiger charge is -2.41. The van der Waals surface area contributed by atoms with Crippen molar-refractivity contribution >= 4 is 47.3 Å². The first-order chi connectivity index (χ1) is 32.3. The SMILES string of the molecule is CC[C@H](C)[C@@H]([C@@H](CC(=O)N1CCC[C@H]1[C@H](OC)[C@@H](C)C(=O)N[C@H](CO)Cc1cccc(NC(=O)[C@H](CCCNC(N)=O)NC(=O)O)c1)OC)N(C)C(=O)[C@@H](NC(=O)[C@@H]1[C@H]2CC[C@H](C2)N1C)C(C)C.